The Morgan fingerprint density at radius 2 is 1.82 bits per heavy atom. The number of piperidine rings is 1. The van der Waals surface area contributed by atoms with Crippen LogP contribution in [-0.4, -0.2) is 83.9 Å². The summed E-state index contributed by atoms with van der Waals surface area (Å²) < 4.78 is 4.85. The fourth-order valence-electron chi connectivity index (χ4n) is 4.85. The topological polar surface area (TPSA) is 98.8 Å². The summed E-state index contributed by atoms with van der Waals surface area (Å²) in [6.07, 6.45) is 3.33. The third-order valence-corrected chi connectivity index (χ3v) is 6.66. The Balaban J connectivity index is 1.39. The number of rotatable bonds is 4. The Morgan fingerprint density at radius 3 is 2.48 bits per heavy atom. The number of methoxy groups -OCH3 is 1. The highest BCUT2D eigenvalue weighted by Crippen LogP contribution is 2.25. The lowest BCUT2D eigenvalue weighted by atomic mass is 9.95. The van der Waals surface area contributed by atoms with E-state index in [9.17, 15) is 14.4 Å². The van der Waals surface area contributed by atoms with Gasteiger partial charge in [-0.2, -0.15) is 0 Å². The van der Waals surface area contributed by atoms with Gasteiger partial charge in [-0.3, -0.25) is 9.59 Å². The van der Waals surface area contributed by atoms with Crippen molar-refractivity contribution in [2.24, 2.45) is 5.92 Å². The van der Waals surface area contributed by atoms with Gasteiger partial charge in [0.2, 0.25) is 5.91 Å². The van der Waals surface area contributed by atoms with E-state index < -0.39 is 5.97 Å². The van der Waals surface area contributed by atoms with E-state index in [2.05, 4.69) is 14.9 Å². The van der Waals surface area contributed by atoms with Gasteiger partial charge in [0.05, 0.1) is 18.6 Å². The molecule has 0 spiro atoms. The molecule has 0 bridgehead atoms. The maximum atomic E-state index is 13.2. The summed E-state index contributed by atoms with van der Waals surface area (Å²) in [6.45, 7) is 7.28. The maximum Gasteiger partial charge on any atom is 0.339 e. The number of hydrogen-bond donors (Lipinski definition) is 1. The van der Waals surface area contributed by atoms with Crippen molar-refractivity contribution in [2.45, 2.75) is 26.7 Å². The number of H-pyrrole nitrogens is 1. The van der Waals surface area contributed by atoms with Gasteiger partial charge in [0, 0.05) is 51.2 Å². The Bertz CT molecular complexity index is 1030. The van der Waals surface area contributed by atoms with E-state index in [0.29, 0.717) is 48.7 Å². The van der Waals surface area contributed by atoms with Gasteiger partial charge < -0.3 is 24.4 Å². The number of aryl methyl sites for hydroxylation is 1. The summed E-state index contributed by atoms with van der Waals surface area (Å²) >= 11 is 0. The monoisotopic (exact) mass is 453 g/mol. The number of nitrogens with one attached hydrogen (secondary N) is 1. The van der Waals surface area contributed by atoms with Crippen molar-refractivity contribution in [3.8, 4) is 0 Å². The van der Waals surface area contributed by atoms with Crippen LogP contribution in [-0.2, 0) is 9.53 Å². The van der Waals surface area contributed by atoms with Gasteiger partial charge in [0.25, 0.3) is 5.91 Å². The highest BCUT2D eigenvalue weighted by atomic mass is 16.5. The Kier molecular flexibility index (Phi) is 6.67. The summed E-state index contributed by atoms with van der Waals surface area (Å²) in [7, 11) is 1.33. The first-order valence-electron chi connectivity index (χ1n) is 11.4. The Hall–Kier alpha value is -3.36. The fourth-order valence-corrected chi connectivity index (χ4v) is 4.85. The molecule has 9 heteroatoms. The molecule has 0 aliphatic carbocycles. The van der Waals surface area contributed by atoms with Crippen LogP contribution in [0.5, 0.6) is 0 Å². The molecule has 1 atom stereocenters. The first-order valence-corrected chi connectivity index (χ1v) is 11.4. The van der Waals surface area contributed by atoms with Crippen LogP contribution in [0.1, 0.15) is 44.9 Å². The zero-order valence-corrected chi connectivity index (χ0v) is 19.5. The van der Waals surface area contributed by atoms with E-state index in [1.54, 1.807) is 24.9 Å². The Labute approximate surface area is 193 Å². The molecule has 33 heavy (non-hydrogen) atoms. The van der Waals surface area contributed by atoms with E-state index in [1.165, 1.54) is 7.11 Å². The zero-order chi connectivity index (χ0) is 23.5. The fraction of sp³-hybridized carbons (Fsp3) is 0.500. The average Bonchev–Trinajstić information content (AvgIpc) is 3.17. The maximum absolute atomic E-state index is 13.2. The first-order chi connectivity index (χ1) is 15.9. The van der Waals surface area contributed by atoms with Crippen molar-refractivity contribution < 1.29 is 19.1 Å². The molecule has 0 radical (unpaired) electrons. The number of aromatic nitrogens is 2. The number of piperazine rings is 1. The summed E-state index contributed by atoms with van der Waals surface area (Å²) in [5.74, 6) is 0.199. The van der Waals surface area contributed by atoms with Gasteiger partial charge in [-0.15, -0.1) is 0 Å². The molecule has 2 aromatic rings. The van der Waals surface area contributed by atoms with Crippen LogP contribution in [0.3, 0.4) is 0 Å². The van der Waals surface area contributed by atoms with E-state index in [4.69, 9.17) is 4.74 Å². The normalized spacial score (nSPS) is 18.9. The molecule has 4 heterocycles. The molecule has 1 N–H and O–H groups in total. The molecule has 176 valence electrons. The van der Waals surface area contributed by atoms with Crippen molar-refractivity contribution in [2.75, 3.05) is 51.3 Å². The van der Waals surface area contributed by atoms with Crippen molar-refractivity contribution in [3.05, 3.63) is 46.9 Å². The predicted molar refractivity (Wildman–Crippen MR) is 123 cm³/mol. The van der Waals surface area contributed by atoms with Crippen molar-refractivity contribution in [1.82, 2.24) is 19.8 Å². The highest BCUT2D eigenvalue weighted by molar-refractivity contribution is 6.00. The van der Waals surface area contributed by atoms with Crippen molar-refractivity contribution >= 4 is 23.6 Å². The summed E-state index contributed by atoms with van der Waals surface area (Å²) in [5, 5.41) is 0. The second-order valence-electron chi connectivity index (χ2n) is 8.71. The molecule has 0 saturated carbocycles. The summed E-state index contributed by atoms with van der Waals surface area (Å²) in [4.78, 5) is 51.8. The SMILES string of the molecule is COC(=O)c1c(C)[nH]c(C(=O)N2CCCC(C(=O)N3CCN(c4ccccn4)CC3)C2)c1C. The summed E-state index contributed by atoms with van der Waals surface area (Å²) in [5.41, 5.74) is 1.99. The molecule has 2 fully saturated rings. The zero-order valence-electron chi connectivity index (χ0n) is 19.5. The standard InChI is InChI=1S/C24H31N5O4/c1-16-20(24(32)33-3)17(2)26-21(16)23(31)29-10-6-7-18(15-29)22(30)28-13-11-27(12-14-28)19-8-4-5-9-25-19/h4-5,8-9,18,26H,6-7,10-15H2,1-3H3. The van der Waals surface area contributed by atoms with Gasteiger partial charge in [-0.05, 0) is 44.4 Å². The molecule has 9 nitrogen and oxygen atoms in total. The van der Waals surface area contributed by atoms with Crippen LogP contribution in [0.25, 0.3) is 0 Å². The number of amides is 2. The number of pyridine rings is 1. The van der Waals surface area contributed by atoms with Crippen LogP contribution in [0.2, 0.25) is 0 Å². The largest absolute Gasteiger partial charge is 0.465 e. The minimum atomic E-state index is -0.461. The van der Waals surface area contributed by atoms with Gasteiger partial charge in [-0.25, -0.2) is 9.78 Å². The average molecular weight is 454 g/mol. The molecule has 4 rings (SSSR count). The molecular formula is C24H31N5O4. The van der Waals surface area contributed by atoms with Crippen molar-refractivity contribution in [1.29, 1.82) is 0 Å². The lowest BCUT2D eigenvalue weighted by Crippen LogP contribution is -2.53. The lowest BCUT2D eigenvalue weighted by molar-refractivity contribution is -0.137. The number of nitrogens with zero attached hydrogens (tertiary/aromatic N) is 4. The molecular weight excluding hydrogens is 422 g/mol. The molecule has 2 aliphatic heterocycles. The van der Waals surface area contributed by atoms with Gasteiger partial charge >= 0.3 is 5.97 Å². The minimum absolute atomic E-state index is 0.114. The van der Waals surface area contributed by atoms with Crippen LogP contribution in [0.4, 0.5) is 5.82 Å². The quantitative estimate of drug-likeness (QED) is 0.711. The number of anilines is 1. The third kappa shape index (κ3) is 4.58. The van der Waals surface area contributed by atoms with E-state index in [0.717, 1.165) is 31.7 Å². The van der Waals surface area contributed by atoms with Crippen LogP contribution >= 0.6 is 0 Å². The number of esters is 1. The number of hydrogen-bond acceptors (Lipinski definition) is 6. The van der Waals surface area contributed by atoms with E-state index >= 15 is 0 Å². The smallest absolute Gasteiger partial charge is 0.339 e. The number of ether oxygens (including phenoxy) is 1. The van der Waals surface area contributed by atoms with Gasteiger partial charge in [-0.1, -0.05) is 6.07 Å². The molecule has 1 unspecified atom stereocenters. The second-order valence-corrected chi connectivity index (χ2v) is 8.71. The van der Waals surface area contributed by atoms with Crippen molar-refractivity contribution in [3.63, 3.8) is 0 Å². The van der Waals surface area contributed by atoms with Gasteiger partial charge in [0.1, 0.15) is 11.5 Å². The van der Waals surface area contributed by atoms with E-state index in [1.807, 2.05) is 23.1 Å². The minimum Gasteiger partial charge on any atom is -0.465 e. The summed E-state index contributed by atoms with van der Waals surface area (Å²) in [6, 6.07) is 5.85. The molecule has 2 saturated heterocycles. The second kappa shape index (κ2) is 9.64. The van der Waals surface area contributed by atoms with Crippen LogP contribution in [0, 0.1) is 19.8 Å². The molecule has 2 aromatic heterocycles. The predicted octanol–water partition coefficient (Wildman–Crippen LogP) is 2.01. The molecule has 2 aliphatic rings. The van der Waals surface area contributed by atoms with Gasteiger partial charge in [0.15, 0.2) is 0 Å². The highest BCUT2D eigenvalue weighted by Gasteiger charge is 2.34. The first kappa shape index (κ1) is 22.8. The molecule has 0 aromatic carbocycles. The third-order valence-electron chi connectivity index (χ3n) is 6.66. The number of aromatic amines is 1. The number of likely N-dealkylation sites (tertiary alicyclic amines) is 1. The van der Waals surface area contributed by atoms with Crippen LogP contribution in [0.15, 0.2) is 24.4 Å². The van der Waals surface area contributed by atoms with E-state index in [-0.39, 0.29) is 17.7 Å². The lowest BCUT2D eigenvalue weighted by Gasteiger charge is -2.39. The number of carbonyl (C=O) groups is 3. The molecule has 2 amide bonds. The Morgan fingerprint density at radius 1 is 1.06 bits per heavy atom. The number of carbonyl (C=O) groups excluding carboxylic acids is 3. The van der Waals surface area contributed by atoms with Crippen LogP contribution < -0.4 is 4.90 Å².